The van der Waals surface area contributed by atoms with Crippen LogP contribution in [0.25, 0.3) is 64.0 Å². The summed E-state index contributed by atoms with van der Waals surface area (Å²) >= 11 is 1.88. The molecule has 0 saturated heterocycles. The van der Waals surface area contributed by atoms with Crippen LogP contribution in [0, 0.1) is 0 Å². The summed E-state index contributed by atoms with van der Waals surface area (Å²) in [7, 11) is 0. The third-order valence-corrected chi connectivity index (χ3v) is 10.3. The maximum atomic E-state index is 2.40. The van der Waals surface area contributed by atoms with Crippen molar-refractivity contribution in [2.75, 3.05) is 4.90 Å². The van der Waals surface area contributed by atoms with Crippen molar-refractivity contribution in [1.82, 2.24) is 0 Å². The highest BCUT2D eigenvalue weighted by Gasteiger charge is 2.17. The number of anilines is 3. The van der Waals surface area contributed by atoms with Gasteiger partial charge in [0.05, 0.1) is 5.69 Å². The van der Waals surface area contributed by atoms with Crippen molar-refractivity contribution in [2.45, 2.75) is 0 Å². The van der Waals surface area contributed by atoms with E-state index in [9.17, 15) is 0 Å². The van der Waals surface area contributed by atoms with E-state index in [0.717, 1.165) is 17.1 Å². The van der Waals surface area contributed by atoms with Gasteiger partial charge in [-0.25, -0.2) is 0 Å². The molecule has 2 heteroatoms. The molecule has 0 unspecified atom stereocenters. The highest BCUT2D eigenvalue weighted by Crippen LogP contribution is 2.43. The topological polar surface area (TPSA) is 3.24 Å². The van der Waals surface area contributed by atoms with Crippen molar-refractivity contribution in [3.63, 3.8) is 0 Å². The molecule has 0 bridgehead atoms. The van der Waals surface area contributed by atoms with E-state index in [-0.39, 0.29) is 0 Å². The molecule has 8 aromatic carbocycles. The molecule has 0 aliphatic rings. The molecule has 1 heterocycles. The standard InChI is InChI=1S/C44H29NS/c1-2-10-30(11-3-1)31-20-25-34(26-21-31)45(42-18-9-16-38-36-13-5-4-12-32(36)24-29-39(38)42)35-27-22-33(23-28-35)37-15-8-17-41-40-14-6-7-19-43(40)46-44(37)41/h1-29H. The van der Waals surface area contributed by atoms with Gasteiger partial charge in [-0.15, -0.1) is 11.3 Å². The van der Waals surface area contributed by atoms with Crippen LogP contribution in [0.4, 0.5) is 17.1 Å². The number of benzene rings is 8. The molecule has 46 heavy (non-hydrogen) atoms. The number of hydrogen-bond acceptors (Lipinski definition) is 2. The molecule has 0 N–H and O–H groups in total. The zero-order chi connectivity index (χ0) is 30.5. The van der Waals surface area contributed by atoms with Crippen LogP contribution in [-0.4, -0.2) is 0 Å². The van der Waals surface area contributed by atoms with Crippen molar-refractivity contribution < 1.29 is 0 Å². The van der Waals surface area contributed by atoms with Crippen molar-refractivity contribution in [1.29, 1.82) is 0 Å². The van der Waals surface area contributed by atoms with E-state index in [1.54, 1.807) is 0 Å². The third-order valence-electron chi connectivity index (χ3n) is 9.08. The van der Waals surface area contributed by atoms with Crippen molar-refractivity contribution >= 4 is 70.1 Å². The first-order chi connectivity index (χ1) is 22.8. The summed E-state index contributed by atoms with van der Waals surface area (Å²) in [6.45, 7) is 0. The first kappa shape index (κ1) is 26.7. The Labute approximate surface area is 272 Å². The Morgan fingerprint density at radius 1 is 0.348 bits per heavy atom. The number of hydrogen-bond donors (Lipinski definition) is 0. The summed E-state index contributed by atoms with van der Waals surface area (Å²) in [4.78, 5) is 2.40. The second kappa shape index (κ2) is 11.0. The summed E-state index contributed by atoms with van der Waals surface area (Å²) in [5.74, 6) is 0. The molecule has 0 aliphatic carbocycles. The lowest BCUT2D eigenvalue weighted by atomic mass is 9.99. The Kier molecular flexibility index (Phi) is 6.40. The van der Waals surface area contributed by atoms with Gasteiger partial charge in [0.2, 0.25) is 0 Å². The molecule has 1 aromatic heterocycles. The maximum absolute atomic E-state index is 2.40. The van der Waals surface area contributed by atoms with Crippen LogP contribution in [0.1, 0.15) is 0 Å². The molecule has 0 saturated carbocycles. The van der Waals surface area contributed by atoms with E-state index in [2.05, 4.69) is 181 Å². The molecule has 0 amide bonds. The number of rotatable bonds is 5. The minimum atomic E-state index is 1.12. The van der Waals surface area contributed by atoms with Crippen LogP contribution in [-0.2, 0) is 0 Å². The lowest BCUT2D eigenvalue weighted by Gasteiger charge is -2.27. The van der Waals surface area contributed by atoms with Crippen molar-refractivity contribution in [3.8, 4) is 22.3 Å². The van der Waals surface area contributed by atoms with Gasteiger partial charge in [-0.3, -0.25) is 0 Å². The monoisotopic (exact) mass is 603 g/mol. The van der Waals surface area contributed by atoms with Gasteiger partial charge in [-0.05, 0) is 74.8 Å². The van der Waals surface area contributed by atoms with Crippen LogP contribution in [0.2, 0.25) is 0 Å². The van der Waals surface area contributed by atoms with Gasteiger partial charge in [0.15, 0.2) is 0 Å². The fraction of sp³-hybridized carbons (Fsp3) is 0. The Hall–Kier alpha value is -5.70. The highest BCUT2D eigenvalue weighted by atomic mass is 32.1. The van der Waals surface area contributed by atoms with Gasteiger partial charge in [0.1, 0.15) is 0 Å². The quantitative estimate of drug-likeness (QED) is 0.177. The molecule has 0 spiro atoms. The van der Waals surface area contributed by atoms with E-state index in [0.29, 0.717) is 0 Å². The van der Waals surface area contributed by atoms with Crippen molar-refractivity contribution in [2.24, 2.45) is 0 Å². The molecule has 0 radical (unpaired) electrons. The van der Waals surface area contributed by atoms with Gasteiger partial charge in [0, 0.05) is 36.9 Å². The number of thiophene rings is 1. The first-order valence-corrected chi connectivity index (χ1v) is 16.5. The largest absolute Gasteiger partial charge is 0.310 e. The molecule has 9 aromatic rings. The Bertz CT molecular complexity index is 2510. The van der Waals surface area contributed by atoms with Crippen molar-refractivity contribution in [3.05, 3.63) is 176 Å². The Morgan fingerprint density at radius 2 is 0.957 bits per heavy atom. The number of fused-ring (bicyclic) bond motifs is 6. The lowest BCUT2D eigenvalue weighted by molar-refractivity contribution is 1.30. The lowest BCUT2D eigenvalue weighted by Crippen LogP contribution is -2.10. The van der Waals surface area contributed by atoms with Gasteiger partial charge in [0.25, 0.3) is 0 Å². The van der Waals surface area contributed by atoms with Gasteiger partial charge in [-0.1, -0.05) is 140 Å². The second-order valence-electron chi connectivity index (χ2n) is 11.7. The van der Waals surface area contributed by atoms with E-state index in [1.807, 2.05) is 11.3 Å². The Balaban J connectivity index is 1.20. The molecule has 0 aliphatic heterocycles. The van der Waals surface area contributed by atoms with E-state index in [1.165, 1.54) is 64.0 Å². The van der Waals surface area contributed by atoms with E-state index in [4.69, 9.17) is 0 Å². The molecular weight excluding hydrogens is 575 g/mol. The molecule has 0 fully saturated rings. The van der Waals surface area contributed by atoms with Crippen LogP contribution >= 0.6 is 11.3 Å². The average Bonchev–Trinajstić information content (AvgIpc) is 3.52. The predicted molar refractivity (Wildman–Crippen MR) is 200 cm³/mol. The van der Waals surface area contributed by atoms with Gasteiger partial charge >= 0.3 is 0 Å². The molecule has 216 valence electrons. The van der Waals surface area contributed by atoms with E-state index >= 15 is 0 Å². The SMILES string of the molecule is c1ccc(-c2ccc(N(c3ccc(-c4cccc5c4sc4ccccc45)cc3)c3cccc4c3ccc3ccccc34)cc2)cc1. The number of nitrogens with zero attached hydrogens (tertiary/aromatic N) is 1. The highest BCUT2D eigenvalue weighted by molar-refractivity contribution is 7.26. The minimum Gasteiger partial charge on any atom is -0.310 e. The van der Waals surface area contributed by atoms with Gasteiger partial charge in [-0.2, -0.15) is 0 Å². The van der Waals surface area contributed by atoms with Crippen LogP contribution in [0.3, 0.4) is 0 Å². The zero-order valence-electron chi connectivity index (χ0n) is 25.1. The fourth-order valence-corrected chi connectivity index (χ4v) is 8.08. The van der Waals surface area contributed by atoms with Gasteiger partial charge < -0.3 is 4.90 Å². The molecule has 1 nitrogen and oxygen atoms in total. The predicted octanol–water partition coefficient (Wildman–Crippen LogP) is 13.2. The Morgan fingerprint density at radius 3 is 1.76 bits per heavy atom. The molecular formula is C44H29NS. The average molecular weight is 604 g/mol. The first-order valence-electron chi connectivity index (χ1n) is 15.7. The maximum Gasteiger partial charge on any atom is 0.0540 e. The minimum absolute atomic E-state index is 1.12. The van der Waals surface area contributed by atoms with Crippen LogP contribution in [0.5, 0.6) is 0 Å². The fourth-order valence-electron chi connectivity index (χ4n) is 6.84. The van der Waals surface area contributed by atoms with Crippen LogP contribution < -0.4 is 4.90 Å². The summed E-state index contributed by atoms with van der Waals surface area (Å²) in [5, 5.41) is 7.67. The summed E-state index contributed by atoms with van der Waals surface area (Å²) in [6.07, 6.45) is 0. The summed E-state index contributed by atoms with van der Waals surface area (Å²) in [5.41, 5.74) is 8.34. The normalized spacial score (nSPS) is 11.5. The third kappa shape index (κ3) is 4.46. The zero-order valence-corrected chi connectivity index (χ0v) is 25.9. The van der Waals surface area contributed by atoms with E-state index < -0.39 is 0 Å². The molecule has 9 rings (SSSR count). The van der Waals surface area contributed by atoms with Crippen LogP contribution in [0.15, 0.2) is 176 Å². The summed E-state index contributed by atoms with van der Waals surface area (Å²) < 4.78 is 2.67. The second-order valence-corrected chi connectivity index (χ2v) is 12.8. The molecule has 0 atom stereocenters. The summed E-state index contributed by atoms with van der Waals surface area (Å²) in [6, 6.07) is 63.9. The smallest absolute Gasteiger partial charge is 0.0540 e.